The number of pyridine rings is 2. The average Bonchev–Trinajstić information content (AvgIpc) is 3.06. The lowest BCUT2D eigenvalue weighted by atomic mass is 10.1. The second-order valence-corrected chi connectivity index (χ2v) is 7.04. The Morgan fingerprint density at radius 3 is 2.88 bits per heavy atom. The van der Waals surface area contributed by atoms with Gasteiger partial charge in [0.15, 0.2) is 0 Å². The summed E-state index contributed by atoms with van der Waals surface area (Å²) < 4.78 is 0. The molecule has 1 atom stereocenters. The Bertz CT molecular complexity index is 687. The second-order valence-electron chi connectivity index (χ2n) is 7.04. The maximum atomic E-state index is 12.5. The first kappa shape index (κ1) is 17.5. The molecule has 1 aliphatic rings. The first-order valence-electron chi connectivity index (χ1n) is 8.87. The minimum absolute atomic E-state index is 0.211. The summed E-state index contributed by atoms with van der Waals surface area (Å²) in [4.78, 5) is 25.3. The summed E-state index contributed by atoms with van der Waals surface area (Å²) in [5.41, 5.74) is 3.20. The third-order valence-corrected chi connectivity index (χ3v) is 4.71. The van der Waals surface area contributed by atoms with E-state index in [1.54, 1.807) is 6.20 Å². The molecule has 0 aliphatic carbocycles. The molecule has 0 saturated carbocycles. The first-order valence-corrected chi connectivity index (χ1v) is 8.87. The predicted octanol–water partition coefficient (Wildman–Crippen LogP) is 2.31. The molecule has 1 saturated heterocycles. The van der Waals surface area contributed by atoms with Gasteiger partial charge in [-0.3, -0.25) is 14.8 Å². The van der Waals surface area contributed by atoms with Gasteiger partial charge in [-0.1, -0.05) is 12.1 Å². The van der Waals surface area contributed by atoms with Crippen molar-refractivity contribution in [2.75, 3.05) is 26.7 Å². The number of hydrogen-bond donors (Lipinski definition) is 0. The van der Waals surface area contributed by atoms with Crippen LogP contribution in [0.3, 0.4) is 0 Å². The van der Waals surface area contributed by atoms with Crippen molar-refractivity contribution in [2.24, 2.45) is 5.92 Å². The normalized spacial score (nSPS) is 17.2. The lowest BCUT2D eigenvalue weighted by Crippen LogP contribution is -2.32. The van der Waals surface area contributed by atoms with Crippen molar-refractivity contribution in [3.63, 3.8) is 0 Å². The molecule has 3 rings (SSSR count). The lowest BCUT2D eigenvalue weighted by Gasteiger charge is -2.21. The molecule has 2 aromatic rings. The number of carbonyl (C=O) groups is 1. The molecule has 5 nitrogen and oxygen atoms in total. The third kappa shape index (κ3) is 5.10. The Morgan fingerprint density at radius 1 is 1.28 bits per heavy atom. The topological polar surface area (TPSA) is 49.3 Å². The highest BCUT2D eigenvalue weighted by molar-refractivity contribution is 5.78. The highest BCUT2D eigenvalue weighted by Crippen LogP contribution is 2.19. The highest BCUT2D eigenvalue weighted by atomic mass is 16.2. The molecule has 3 heterocycles. The van der Waals surface area contributed by atoms with Gasteiger partial charge in [-0.05, 0) is 49.6 Å². The summed E-state index contributed by atoms with van der Waals surface area (Å²) >= 11 is 0. The number of hydrogen-bond acceptors (Lipinski definition) is 4. The number of amides is 1. The molecule has 5 heteroatoms. The fourth-order valence-electron chi connectivity index (χ4n) is 3.41. The van der Waals surface area contributed by atoms with E-state index >= 15 is 0 Å². The Kier molecular flexibility index (Phi) is 5.76. The van der Waals surface area contributed by atoms with E-state index in [0.29, 0.717) is 12.3 Å². The summed E-state index contributed by atoms with van der Waals surface area (Å²) in [7, 11) is 2.13. The maximum Gasteiger partial charge on any atom is 0.227 e. The smallest absolute Gasteiger partial charge is 0.227 e. The quantitative estimate of drug-likeness (QED) is 0.811. The second kappa shape index (κ2) is 8.21. The fraction of sp³-hybridized carbons (Fsp3) is 0.450. The van der Waals surface area contributed by atoms with E-state index in [2.05, 4.69) is 28.0 Å². The van der Waals surface area contributed by atoms with Gasteiger partial charge in [-0.2, -0.15) is 0 Å². The monoisotopic (exact) mass is 338 g/mol. The minimum Gasteiger partial charge on any atom is -0.342 e. The van der Waals surface area contributed by atoms with Crippen LogP contribution in [-0.4, -0.2) is 52.4 Å². The predicted molar refractivity (Wildman–Crippen MR) is 97.9 cm³/mol. The van der Waals surface area contributed by atoms with Crippen molar-refractivity contribution in [1.82, 2.24) is 19.8 Å². The standard InChI is InChI=1S/C20H26N4O/c1-16-5-6-17(12-22-16)10-20(25)24-9-7-19(15-24)14-23(2)13-18-4-3-8-21-11-18/h3-6,8,11-12,19H,7,9-10,13-15H2,1-2H3/t19-/m1/s1. The summed E-state index contributed by atoms with van der Waals surface area (Å²) in [6, 6.07) is 8.03. The molecule has 0 N–H and O–H groups in total. The zero-order valence-corrected chi connectivity index (χ0v) is 15.1. The van der Waals surface area contributed by atoms with Crippen LogP contribution in [0.25, 0.3) is 0 Å². The Balaban J connectivity index is 1.46. The average molecular weight is 338 g/mol. The molecule has 0 radical (unpaired) electrons. The van der Waals surface area contributed by atoms with Gasteiger partial charge in [0.1, 0.15) is 0 Å². The lowest BCUT2D eigenvalue weighted by molar-refractivity contribution is -0.129. The number of aromatic nitrogens is 2. The fourth-order valence-corrected chi connectivity index (χ4v) is 3.41. The van der Waals surface area contributed by atoms with Crippen molar-refractivity contribution in [3.8, 4) is 0 Å². The van der Waals surface area contributed by atoms with E-state index in [1.165, 1.54) is 5.56 Å². The maximum absolute atomic E-state index is 12.5. The largest absolute Gasteiger partial charge is 0.342 e. The van der Waals surface area contributed by atoms with E-state index in [0.717, 1.165) is 43.9 Å². The molecule has 1 amide bonds. The van der Waals surface area contributed by atoms with Gasteiger partial charge in [0, 0.05) is 50.5 Å². The number of carbonyl (C=O) groups excluding carboxylic acids is 1. The Morgan fingerprint density at radius 2 is 2.16 bits per heavy atom. The number of likely N-dealkylation sites (tertiary alicyclic amines) is 1. The van der Waals surface area contributed by atoms with Gasteiger partial charge in [-0.15, -0.1) is 0 Å². The van der Waals surface area contributed by atoms with E-state index in [4.69, 9.17) is 0 Å². The van der Waals surface area contributed by atoms with Crippen molar-refractivity contribution in [2.45, 2.75) is 26.3 Å². The van der Waals surface area contributed by atoms with Gasteiger partial charge in [0.25, 0.3) is 0 Å². The third-order valence-electron chi connectivity index (χ3n) is 4.71. The van der Waals surface area contributed by atoms with Crippen LogP contribution in [0.15, 0.2) is 42.9 Å². The van der Waals surface area contributed by atoms with E-state index in [-0.39, 0.29) is 5.91 Å². The molecule has 0 aromatic carbocycles. The molecule has 1 fully saturated rings. The van der Waals surface area contributed by atoms with Gasteiger partial charge in [0.2, 0.25) is 5.91 Å². The number of nitrogens with zero attached hydrogens (tertiary/aromatic N) is 4. The molecule has 25 heavy (non-hydrogen) atoms. The van der Waals surface area contributed by atoms with Gasteiger partial charge >= 0.3 is 0 Å². The molecule has 1 aliphatic heterocycles. The summed E-state index contributed by atoms with van der Waals surface area (Å²) in [5, 5.41) is 0. The number of aryl methyl sites for hydroxylation is 1. The highest BCUT2D eigenvalue weighted by Gasteiger charge is 2.26. The van der Waals surface area contributed by atoms with Gasteiger partial charge in [-0.25, -0.2) is 0 Å². The SMILES string of the molecule is Cc1ccc(CC(=O)N2CC[C@H](CN(C)Cc3cccnc3)C2)cn1. The summed E-state index contributed by atoms with van der Waals surface area (Å²) in [6.07, 6.45) is 7.05. The molecule has 0 bridgehead atoms. The van der Waals surface area contributed by atoms with Crippen molar-refractivity contribution in [1.29, 1.82) is 0 Å². The van der Waals surface area contributed by atoms with E-state index in [1.807, 2.05) is 42.4 Å². The molecule has 0 spiro atoms. The minimum atomic E-state index is 0.211. The van der Waals surface area contributed by atoms with Crippen molar-refractivity contribution < 1.29 is 4.79 Å². The van der Waals surface area contributed by atoms with Gasteiger partial charge < -0.3 is 9.80 Å². The Hall–Kier alpha value is -2.27. The first-order chi connectivity index (χ1) is 12.1. The van der Waals surface area contributed by atoms with Crippen LogP contribution in [0.2, 0.25) is 0 Å². The van der Waals surface area contributed by atoms with Crippen LogP contribution in [0, 0.1) is 12.8 Å². The number of rotatable bonds is 6. The van der Waals surface area contributed by atoms with Gasteiger partial charge in [0.05, 0.1) is 6.42 Å². The van der Waals surface area contributed by atoms with E-state index in [9.17, 15) is 4.79 Å². The van der Waals surface area contributed by atoms with Crippen LogP contribution in [0.4, 0.5) is 0 Å². The van der Waals surface area contributed by atoms with Crippen LogP contribution in [0.1, 0.15) is 23.2 Å². The zero-order chi connectivity index (χ0) is 17.6. The summed E-state index contributed by atoms with van der Waals surface area (Å²) in [5.74, 6) is 0.754. The molecule has 0 unspecified atom stereocenters. The Labute approximate surface area is 149 Å². The zero-order valence-electron chi connectivity index (χ0n) is 15.1. The van der Waals surface area contributed by atoms with Crippen LogP contribution in [-0.2, 0) is 17.8 Å². The molecular weight excluding hydrogens is 312 g/mol. The van der Waals surface area contributed by atoms with Crippen LogP contribution in [0.5, 0.6) is 0 Å². The molecule has 2 aromatic heterocycles. The molecule has 132 valence electrons. The van der Waals surface area contributed by atoms with Crippen LogP contribution >= 0.6 is 0 Å². The van der Waals surface area contributed by atoms with Crippen molar-refractivity contribution >= 4 is 5.91 Å². The van der Waals surface area contributed by atoms with E-state index < -0.39 is 0 Å². The van der Waals surface area contributed by atoms with Crippen LogP contribution < -0.4 is 0 Å². The summed E-state index contributed by atoms with van der Waals surface area (Å²) in [6.45, 7) is 5.58. The van der Waals surface area contributed by atoms with Crippen molar-refractivity contribution in [3.05, 3.63) is 59.7 Å². The molecular formula is C20H26N4O.